The van der Waals surface area contributed by atoms with Crippen molar-refractivity contribution in [3.8, 4) is 11.1 Å². The zero-order chi connectivity index (χ0) is 23.8. The molecule has 0 aromatic carbocycles. The molecule has 3 aromatic rings. The van der Waals surface area contributed by atoms with Gasteiger partial charge >= 0.3 is 7.05 Å². The Kier molecular flexibility index (Phi) is 9.02. The van der Waals surface area contributed by atoms with E-state index in [9.17, 15) is 5.02 Å². The Morgan fingerprint density at radius 3 is 2.70 bits per heavy atom. The first kappa shape index (κ1) is 25.4. The zero-order valence-corrected chi connectivity index (χ0v) is 21.5. The molecule has 3 N–H and O–H groups in total. The third-order valence-corrected chi connectivity index (χ3v) is 7.42. The fraction of sp³-hybridized carbons (Fsp3) is 0.522. The van der Waals surface area contributed by atoms with Crippen LogP contribution in [0.1, 0.15) is 12.8 Å². The second-order valence-corrected chi connectivity index (χ2v) is 15.4. The van der Waals surface area contributed by atoms with Crippen molar-refractivity contribution < 1.29 is 9.76 Å². The molecular weight excluding hydrogens is 431 g/mol. The van der Waals surface area contributed by atoms with Gasteiger partial charge in [0.15, 0.2) is 0 Å². The average Bonchev–Trinajstić information content (AvgIpc) is 3.22. The highest BCUT2D eigenvalue weighted by atomic mass is 28.3. The van der Waals surface area contributed by atoms with Crippen LogP contribution in [-0.2, 0) is 4.74 Å². The molecule has 0 saturated carbocycles. The summed E-state index contributed by atoms with van der Waals surface area (Å²) >= 11 is 0. The molecule has 0 bridgehead atoms. The number of aromatic amines is 1. The molecule has 10 heteroatoms. The maximum Gasteiger partial charge on any atom is 0.373 e. The van der Waals surface area contributed by atoms with Gasteiger partial charge in [0.05, 0.1) is 5.39 Å². The lowest BCUT2D eigenvalue weighted by atomic mass is 9.85. The summed E-state index contributed by atoms with van der Waals surface area (Å²) in [6.07, 6.45) is 11.1. The van der Waals surface area contributed by atoms with Gasteiger partial charge in [0.1, 0.15) is 12.0 Å². The number of nitrogens with one attached hydrogen (secondary N) is 2. The van der Waals surface area contributed by atoms with Gasteiger partial charge in [-0.3, -0.25) is 0 Å². The van der Waals surface area contributed by atoms with Gasteiger partial charge in [-0.2, -0.15) is 0 Å². The molecule has 1 saturated heterocycles. The third-order valence-electron chi connectivity index (χ3n) is 5.72. The van der Waals surface area contributed by atoms with Gasteiger partial charge < -0.3 is 24.9 Å². The Morgan fingerprint density at radius 1 is 1.30 bits per heavy atom. The van der Waals surface area contributed by atoms with Crippen LogP contribution >= 0.6 is 0 Å². The van der Waals surface area contributed by atoms with E-state index in [0.717, 1.165) is 60.4 Å². The fourth-order valence-electron chi connectivity index (χ4n) is 4.05. The van der Waals surface area contributed by atoms with E-state index in [1.807, 2.05) is 24.8 Å². The van der Waals surface area contributed by atoms with E-state index in [4.69, 9.17) is 4.74 Å². The van der Waals surface area contributed by atoms with Crippen molar-refractivity contribution in [2.45, 2.75) is 51.4 Å². The van der Waals surface area contributed by atoms with Crippen molar-refractivity contribution >= 4 is 31.8 Å². The van der Waals surface area contributed by atoms with Gasteiger partial charge in [-0.25, -0.2) is 15.0 Å². The predicted octanol–water partition coefficient (Wildman–Crippen LogP) is 3.66. The fourth-order valence-corrected chi connectivity index (χ4v) is 4.87. The summed E-state index contributed by atoms with van der Waals surface area (Å²) in [5.74, 6) is 0. The number of hydrogen-bond donors (Lipinski definition) is 3. The molecule has 1 unspecified atom stereocenters. The second-order valence-electron chi connectivity index (χ2n) is 9.81. The lowest BCUT2D eigenvalue weighted by Crippen LogP contribution is -2.50. The van der Waals surface area contributed by atoms with Crippen LogP contribution in [0.4, 0.5) is 5.69 Å². The third kappa shape index (κ3) is 7.36. The molecule has 178 valence electrons. The Balaban J connectivity index is 0.000000331. The summed E-state index contributed by atoms with van der Waals surface area (Å²) in [4.78, 5) is 18.4. The standard InChI is InChI=1S/C17H21BN6O.C6H16OSi/c1-18(25)23-13-3-2-6-24(10-13)15-4-5-21-17-16(15)14(9-22-17)12-7-19-11-20-8-12;1-7-5-6-8(2,3)4/h4-5,7-9,11,13,23,25H,2-3,6,10H2,1H3,(H,21,22);5-6H2,1-4H3. The maximum absolute atomic E-state index is 9.63. The van der Waals surface area contributed by atoms with Gasteiger partial charge in [-0.1, -0.05) is 19.6 Å². The van der Waals surface area contributed by atoms with Crippen LogP contribution in [0, 0.1) is 0 Å². The van der Waals surface area contributed by atoms with Crippen LogP contribution in [0.25, 0.3) is 22.2 Å². The maximum atomic E-state index is 9.63. The summed E-state index contributed by atoms with van der Waals surface area (Å²) in [6, 6.07) is 3.62. The van der Waals surface area contributed by atoms with Crippen molar-refractivity contribution in [2.24, 2.45) is 0 Å². The van der Waals surface area contributed by atoms with E-state index in [2.05, 4.69) is 55.8 Å². The van der Waals surface area contributed by atoms with Crippen LogP contribution in [0.15, 0.2) is 37.2 Å². The van der Waals surface area contributed by atoms with Crippen LogP contribution in [0.3, 0.4) is 0 Å². The summed E-state index contributed by atoms with van der Waals surface area (Å²) in [7, 11) is 0.467. The van der Waals surface area contributed by atoms with Crippen molar-refractivity contribution in [1.82, 2.24) is 25.2 Å². The zero-order valence-electron chi connectivity index (χ0n) is 20.5. The first-order chi connectivity index (χ1) is 15.8. The monoisotopic (exact) mass is 468 g/mol. The summed E-state index contributed by atoms with van der Waals surface area (Å²) < 4.78 is 4.95. The highest BCUT2D eigenvalue weighted by Gasteiger charge is 2.24. The summed E-state index contributed by atoms with van der Waals surface area (Å²) in [5, 5.41) is 14.0. The smallest absolute Gasteiger partial charge is 0.373 e. The highest BCUT2D eigenvalue weighted by molar-refractivity contribution is 6.76. The molecule has 33 heavy (non-hydrogen) atoms. The van der Waals surface area contributed by atoms with Gasteiger partial charge in [0.2, 0.25) is 0 Å². The van der Waals surface area contributed by atoms with E-state index in [1.54, 1.807) is 13.9 Å². The summed E-state index contributed by atoms with van der Waals surface area (Å²) in [6.45, 7) is 11.6. The van der Waals surface area contributed by atoms with Gasteiger partial charge in [-0.15, -0.1) is 0 Å². The molecule has 1 aliphatic rings. The molecule has 4 rings (SSSR count). The van der Waals surface area contributed by atoms with E-state index >= 15 is 0 Å². The first-order valence-corrected chi connectivity index (χ1v) is 15.4. The largest absolute Gasteiger partial charge is 0.437 e. The average molecular weight is 468 g/mol. The molecule has 8 nitrogen and oxygen atoms in total. The predicted molar refractivity (Wildman–Crippen MR) is 139 cm³/mol. The second kappa shape index (κ2) is 11.7. The first-order valence-electron chi connectivity index (χ1n) is 11.7. The summed E-state index contributed by atoms with van der Waals surface area (Å²) in [5.41, 5.74) is 4.05. The molecule has 0 radical (unpaired) electrons. The minimum Gasteiger partial charge on any atom is -0.437 e. The lowest BCUT2D eigenvalue weighted by molar-refractivity contribution is 0.214. The van der Waals surface area contributed by atoms with E-state index in [1.165, 1.54) is 12.4 Å². The molecule has 0 amide bonds. The molecule has 4 heterocycles. The SMILES string of the molecule is CB(O)NC1CCCN(c2ccnc3[nH]cc(-c4cncnc4)c23)C1.COCC[Si](C)(C)C. The number of nitrogens with zero attached hydrogens (tertiary/aromatic N) is 4. The number of fused-ring (bicyclic) bond motifs is 1. The number of pyridine rings is 1. The molecule has 1 fully saturated rings. The Morgan fingerprint density at radius 2 is 2.06 bits per heavy atom. The van der Waals surface area contributed by atoms with E-state index in [0.29, 0.717) is 0 Å². The molecular formula is C23H37BN6O2Si. The number of ether oxygens (including phenoxy) is 1. The van der Waals surface area contributed by atoms with Gasteiger partial charge in [0, 0.05) is 82.5 Å². The van der Waals surface area contributed by atoms with Crippen LogP contribution in [0.2, 0.25) is 32.5 Å². The Hall–Kier alpha value is -2.27. The van der Waals surface area contributed by atoms with Gasteiger partial charge in [0.25, 0.3) is 0 Å². The van der Waals surface area contributed by atoms with Crippen molar-refractivity contribution in [3.05, 3.63) is 37.2 Å². The molecule has 1 aliphatic heterocycles. The topological polar surface area (TPSA) is 99.2 Å². The number of rotatable bonds is 7. The van der Waals surface area contributed by atoms with Crippen LogP contribution < -0.4 is 10.1 Å². The van der Waals surface area contributed by atoms with Crippen LogP contribution in [-0.4, -0.2) is 72.9 Å². The number of piperidine rings is 1. The van der Waals surface area contributed by atoms with Crippen molar-refractivity contribution in [3.63, 3.8) is 0 Å². The minimum atomic E-state index is -0.803. The number of H-pyrrole nitrogens is 1. The Bertz CT molecular complexity index is 996. The number of aromatic nitrogens is 4. The van der Waals surface area contributed by atoms with Crippen molar-refractivity contribution in [2.75, 3.05) is 31.7 Å². The van der Waals surface area contributed by atoms with Crippen LogP contribution in [0.5, 0.6) is 0 Å². The number of anilines is 1. The van der Waals surface area contributed by atoms with Gasteiger partial charge in [-0.05, 0) is 31.8 Å². The van der Waals surface area contributed by atoms with Crippen molar-refractivity contribution in [1.29, 1.82) is 0 Å². The molecule has 0 spiro atoms. The lowest BCUT2D eigenvalue weighted by Gasteiger charge is -2.35. The van der Waals surface area contributed by atoms with E-state index < -0.39 is 15.1 Å². The highest BCUT2D eigenvalue weighted by Crippen LogP contribution is 2.35. The number of hydrogen-bond acceptors (Lipinski definition) is 7. The Labute approximate surface area is 198 Å². The molecule has 0 aliphatic carbocycles. The van der Waals surface area contributed by atoms with E-state index in [-0.39, 0.29) is 6.04 Å². The normalized spacial score (nSPS) is 16.4. The quantitative estimate of drug-likeness (QED) is 0.455. The molecule has 1 atom stereocenters. The minimum absolute atomic E-state index is 0.277. The number of methoxy groups -OCH3 is 1. The molecule has 3 aromatic heterocycles.